The monoisotopic (exact) mass is 204 g/mol. The van der Waals surface area contributed by atoms with Gasteiger partial charge < -0.3 is 9.32 Å². The minimum Gasteiger partial charge on any atom is -0.467 e. The number of hydrogen-bond donors (Lipinski definition) is 0. The van der Waals surface area contributed by atoms with Crippen LogP contribution in [0.2, 0.25) is 0 Å². The molecular weight excluding hydrogens is 188 g/mol. The molecule has 1 aliphatic rings. The molecule has 0 bridgehead atoms. The third kappa shape index (κ3) is 2.62. The molecule has 0 N–H and O–H groups in total. The number of nitrogens with zero attached hydrogens (tertiary/aromatic N) is 2. The Bertz CT molecular complexity index is 356. The molecular formula is C12H16N2O. The average Bonchev–Trinajstić information content (AvgIpc) is 2.69. The molecule has 80 valence electrons. The van der Waals surface area contributed by atoms with E-state index < -0.39 is 0 Å². The highest BCUT2D eigenvalue weighted by Gasteiger charge is 2.14. The molecule has 1 aromatic heterocycles. The number of likely N-dealkylation sites (N-methyl/N-ethyl adjacent to an activating group) is 1. The van der Waals surface area contributed by atoms with Crippen LogP contribution >= 0.6 is 0 Å². The van der Waals surface area contributed by atoms with Crippen LogP contribution in [0.15, 0.2) is 16.7 Å². The van der Waals surface area contributed by atoms with Gasteiger partial charge in [0.25, 0.3) is 0 Å². The third-order valence-electron chi connectivity index (χ3n) is 2.80. The fourth-order valence-electron chi connectivity index (χ4n) is 1.77. The predicted molar refractivity (Wildman–Crippen MR) is 59.4 cm³/mol. The molecule has 0 amide bonds. The second-order valence-electron chi connectivity index (χ2n) is 4.03. The van der Waals surface area contributed by atoms with Crippen LogP contribution in [0.4, 0.5) is 0 Å². The smallest absolute Gasteiger partial charge is 0.119 e. The maximum atomic E-state index is 5.39. The number of furan rings is 1. The number of piperazine rings is 1. The lowest BCUT2D eigenvalue weighted by atomic mass is 10.3. The van der Waals surface area contributed by atoms with Gasteiger partial charge in [-0.2, -0.15) is 0 Å². The van der Waals surface area contributed by atoms with Crippen LogP contribution < -0.4 is 0 Å². The van der Waals surface area contributed by atoms with E-state index in [9.17, 15) is 0 Å². The predicted octanol–water partition coefficient (Wildman–Crippen LogP) is 1.01. The normalized spacial score (nSPS) is 18.9. The maximum absolute atomic E-state index is 5.39. The first-order valence-corrected chi connectivity index (χ1v) is 5.23. The van der Waals surface area contributed by atoms with Gasteiger partial charge in [-0.05, 0) is 13.1 Å². The van der Waals surface area contributed by atoms with Crippen LogP contribution in [-0.2, 0) is 6.54 Å². The highest BCUT2D eigenvalue weighted by molar-refractivity contribution is 5.29. The lowest BCUT2D eigenvalue weighted by molar-refractivity contribution is 0.140. The molecule has 15 heavy (non-hydrogen) atoms. The molecule has 0 atom stereocenters. The molecule has 0 unspecified atom stereocenters. The van der Waals surface area contributed by atoms with Crippen molar-refractivity contribution in [3.8, 4) is 12.3 Å². The minimum absolute atomic E-state index is 0.833. The zero-order valence-electron chi connectivity index (χ0n) is 9.07. The van der Waals surface area contributed by atoms with E-state index in [1.54, 1.807) is 6.26 Å². The van der Waals surface area contributed by atoms with E-state index in [0.717, 1.165) is 44.0 Å². The van der Waals surface area contributed by atoms with Crippen molar-refractivity contribution in [2.24, 2.45) is 0 Å². The van der Waals surface area contributed by atoms with E-state index in [4.69, 9.17) is 10.8 Å². The van der Waals surface area contributed by atoms with Gasteiger partial charge in [0.1, 0.15) is 12.0 Å². The Labute approximate surface area is 90.7 Å². The quantitative estimate of drug-likeness (QED) is 0.670. The van der Waals surface area contributed by atoms with Crippen molar-refractivity contribution in [3.63, 3.8) is 0 Å². The van der Waals surface area contributed by atoms with Crippen LogP contribution in [0.1, 0.15) is 11.3 Å². The minimum atomic E-state index is 0.833. The van der Waals surface area contributed by atoms with Gasteiger partial charge in [-0.25, -0.2) is 0 Å². The molecule has 0 radical (unpaired) electrons. The molecule has 2 rings (SSSR count). The van der Waals surface area contributed by atoms with Crippen molar-refractivity contribution in [2.75, 3.05) is 33.2 Å². The SMILES string of the molecule is C#Cc1coc(CN2CCN(C)CC2)c1. The van der Waals surface area contributed by atoms with Crippen LogP contribution in [-0.4, -0.2) is 43.0 Å². The molecule has 1 saturated heterocycles. The summed E-state index contributed by atoms with van der Waals surface area (Å²) in [7, 11) is 2.15. The van der Waals surface area contributed by atoms with Gasteiger partial charge in [-0.3, -0.25) is 4.90 Å². The van der Waals surface area contributed by atoms with Gasteiger partial charge in [0, 0.05) is 26.2 Å². The van der Waals surface area contributed by atoms with Gasteiger partial charge in [0.15, 0.2) is 0 Å². The highest BCUT2D eigenvalue weighted by atomic mass is 16.3. The first-order chi connectivity index (χ1) is 7.28. The summed E-state index contributed by atoms with van der Waals surface area (Å²) in [5, 5.41) is 0. The largest absolute Gasteiger partial charge is 0.467 e. The Morgan fingerprint density at radius 2 is 2.13 bits per heavy atom. The molecule has 1 aromatic rings. The fraction of sp³-hybridized carbons (Fsp3) is 0.500. The Kier molecular flexibility index (Phi) is 3.10. The summed E-state index contributed by atoms with van der Waals surface area (Å²) in [4.78, 5) is 4.73. The zero-order valence-corrected chi connectivity index (χ0v) is 9.07. The average molecular weight is 204 g/mol. The Morgan fingerprint density at radius 3 is 2.73 bits per heavy atom. The molecule has 1 fully saturated rings. The van der Waals surface area contributed by atoms with E-state index in [-0.39, 0.29) is 0 Å². The third-order valence-corrected chi connectivity index (χ3v) is 2.80. The van der Waals surface area contributed by atoms with E-state index in [1.165, 1.54) is 0 Å². The van der Waals surface area contributed by atoms with Gasteiger partial charge in [-0.1, -0.05) is 5.92 Å². The summed E-state index contributed by atoms with van der Waals surface area (Å²) in [6.45, 7) is 5.33. The van der Waals surface area contributed by atoms with Crippen molar-refractivity contribution >= 4 is 0 Å². The summed E-state index contributed by atoms with van der Waals surface area (Å²) < 4.78 is 5.39. The molecule has 3 heteroatoms. The molecule has 0 aromatic carbocycles. The fourth-order valence-corrected chi connectivity index (χ4v) is 1.77. The van der Waals surface area contributed by atoms with Crippen molar-refractivity contribution < 1.29 is 4.42 Å². The second-order valence-corrected chi connectivity index (χ2v) is 4.03. The van der Waals surface area contributed by atoms with Crippen molar-refractivity contribution in [1.29, 1.82) is 0 Å². The second kappa shape index (κ2) is 4.52. The summed E-state index contributed by atoms with van der Waals surface area (Å²) in [6, 6.07) is 1.94. The summed E-state index contributed by atoms with van der Waals surface area (Å²) in [6.07, 6.45) is 6.93. The van der Waals surface area contributed by atoms with Crippen LogP contribution in [0.3, 0.4) is 0 Å². The molecule has 3 nitrogen and oxygen atoms in total. The molecule has 2 heterocycles. The van der Waals surface area contributed by atoms with E-state index in [0.29, 0.717) is 0 Å². The van der Waals surface area contributed by atoms with Gasteiger partial charge in [0.2, 0.25) is 0 Å². The van der Waals surface area contributed by atoms with E-state index in [2.05, 4.69) is 22.8 Å². The van der Waals surface area contributed by atoms with Gasteiger partial charge in [-0.15, -0.1) is 6.42 Å². The Balaban J connectivity index is 1.89. The van der Waals surface area contributed by atoms with Gasteiger partial charge >= 0.3 is 0 Å². The first kappa shape index (κ1) is 10.3. The van der Waals surface area contributed by atoms with Crippen molar-refractivity contribution in [3.05, 3.63) is 23.7 Å². The lowest BCUT2D eigenvalue weighted by Gasteiger charge is -2.31. The zero-order chi connectivity index (χ0) is 10.7. The topological polar surface area (TPSA) is 19.6 Å². The molecule has 0 saturated carbocycles. The van der Waals surface area contributed by atoms with Gasteiger partial charge in [0.05, 0.1) is 12.1 Å². The van der Waals surface area contributed by atoms with Crippen molar-refractivity contribution in [2.45, 2.75) is 6.54 Å². The molecule has 0 spiro atoms. The lowest BCUT2D eigenvalue weighted by Crippen LogP contribution is -2.43. The Morgan fingerprint density at radius 1 is 1.40 bits per heavy atom. The van der Waals surface area contributed by atoms with E-state index in [1.807, 2.05) is 6.07 Å². The number of rotatable bonds is 2. The summed E-state index contributed by atoms with van der Waals surface area (Å²) >= 11 is 0. The summed E-state index contributed by atoms with van der Waals surface area (Å²) in [5.41, 5.74) is 0.833. The number of terminal acetylenes is 1. The van der Waals surface area contributed by atoms with Crippen LogP contribution in [0, 0.1) is 12.3 Å². The number of hydrogen-bond acceptors (Lipinski definition) is 3. The maximum Gasteiger partial charge on any atom is 0.119 e. The molecule has 1 aliphatic heterocycles. The Hall–Kier alpha value is -1.24. The first-order valence-electron chi connectivity index (χ1n) is 5.23. The van der Waals surface area contributed by atoms with E-state index >= 15 is 0 Å². The van der Waals surface area contributed by atoms with Crippen molar-refractivity contribution in [1.82, 2.24) is 9.80 Å². The van der Waals surface area contributed by atoms with Crippen LogP contribution in [0.25, 0.3) is 0 Å². The highest BCUT2D eigenvalue weighted by Crippen LogP contribution is 2.11. The molecule has 0 aliphatic carbocycles. The van der Waals surface area contributed by atoms with Crippen LogP contribution in [0.5, 0.6) is 0 Å². The standard InChI is InChI=1S/C12H16N2O/c1-3-11-8-12(15-10-11)9-14-6-4-13(2)5-7-14/h1,8,10H,4-7,9H2,2H3. The summed E-state index contributed by atoms with van der Waals surface area (Å²) in [5.74, 6) is 3.54.